The van der Waals surface area contributed by atoms with E-state index in [0.29, 0.717) is 12.1 Å². The molecule has 0 fully saturated rings. The van der Waals surface area contributed by atoms with Crippen LogP contribution in [0.15, 0.2) is 48.5 Å². The first-order valence-electron chi connectivity index (χ1n) is 6.77. The first-order chi connectivity index (χ1) is 10.1. The molecule has 1 atom stereocenters. The second-order valence-corrected chi connectivity index (χ2v) is 4.80. The summed E-state index contributed by atoms with van der Waals surface area (Å²) in [5.74, 6) is -0.594. The van der Waals surface area contributed by atoms with Crippen LogP contribution in [0, 0.1) is 5.82 Å². The molecular weight excluding hydrogens is 269 g/mol. The summed E-state index contributed by atoms with van der Waals surface area (Å²) in [5, 5.41) is 3.32. The molecule has 0 aromatic heterocycles. The molecule has 0 amide bonds. The molecule has 0 bridgehead atoms. The first kappa shape index (κ1) is 15.2. The van der Waals surface area contributed by atoms with E-state index in [2.05, 4.69) is 5.32 Å². The maximum Gasteiger partial charge on any atom is 0.338 e. The summed E-state index contributed by atoms with van der Waals surface area (Å²) >= 11 is 0. The molecule has 0 aliphatic rings. The van der Waals surface area contributed by atoms with E-state index in [-0.39, 0.29) is 17.8 Å². The van der Waals surface area contributed by atoms with E-state index >= 15 is 0 Å². The smallest absolute Gasteiger partial charge is 0.338 e. The Balaban J connectivity index is 2.06. The van der Waals surface area contributed by atoms with Gasteiger partial charge in [0.05, 0.1) is 12.7 Å². The number of carbonyl (C=O) groups is 1. The van der Waals surface area contributed by atoms with Crippen molar-refractivity contribution in [3.8, 4) is 0 Å². The van der Waals surface area contributed by atoms with E-state index < -0.39 is 0 Å². The van der Waals surface area contributed by atoms with Crippen LogP contribution < -0.4 is 5.32 Å². The number of esters is 1. The van der Waals surface area contributed by atoms with E-state index in [9.17, 15) is 9.18 Å². The third-order valence-electron chi connectivity index (χ3n) is 3.39. The Bertz CT molecular complexity index is 610. The highest BCUT2D eigenvalue weighted by Crippen LogP contribution is 2.15. The van der Waals surface area contributed by atoms with Crippen LogP contribution in [0.3, 0.4) is 0 Å². The van der Waals surface area contributed by atoms with Gasteiger partial charge in [-0.15, -0.1) is 0 Å². The average Bonchev–Trinajstić information content (AvgIpc) is 2.52. The van der Waals surface area contributed by atoms with Gasteiger partial charge in [-0.25, -0.2) is 9.18 Å². The van der Waals surface area contributed by atoms with Gasteiger partial charge in [0.15, 0.2) is 0 Å². The van der Waals surface area contributed by atoms with Gasteiger partial charge in [-0.05, 0) is 36.2 Å². The molecule has 0 spiro atoms. The van der Waals surface area contributed by atoms with E-state index in [1.807, 2.05) is 19.1 Å². The molecule has 1 N–H and O–H groups in total. The highest BCUT2D eigenvalue weighted by atomic mass is 19.1. The van der Waals surface area contributed by atoms with Crippen LogP contribution in [0.25, 0.3) is 0 Å². The molecule has 0 saturated heterocycles. The minimum absolute atomic E-state index is 0.0521. The van der Waals surface area contributed by atoms with Crippen LogP contribution in [-0.2, 0) is 11.3 Å². The van der Waals surface area contributed by atoms with Crippen molar-refractivity contribution in [1.29, 1.82) is 0 Å². The number of benzene rings is 2. The van der Waals surface area contributed by atoms with Crippen molar-refractivity contribution in [1.82, 2.24) is 5.32 Å². The highest BCUT2D eigenvalue weighted by Gasteiger charge is 2.12. The van der Waals surface area contributed by atoms with Crippen molar-refractivity contribution >= 4 is 5.97 Å². The summed E-state index contributed by atoms with van der Waals surface area (Å²) in [6, 6.07) is 13.7. The van der Waals surface area contributed by atoms with Gasteiger partial charge >= 0.3 is 5.97 Å². The zero-order chi connectivity index (χ0) is 15.2. The van der Waals surface area contributed by atoms with Crippen LogP contribution in [0.4, 0.5) is 4.39 Å². The molecule has 0 unspecified atom stereocenters. The molecule has 2 aromatic rings. The summed E-state index contributed by atoms with van der Waals surface area (Å²) in [7, 11) is 1.37. The molecule has 4 heteroatoms. The minimum atomic E-state index is -0.346. The van der Waals surface area contributed by atoms with E-state index in [1.165, 1.54) is 19.2 Å². The highest BCUT2D eigenvalue weighted by molar-refractivity contribution is 5.90. The monoisotopic (exact) mass is 287 g/mol. The van der Waals surface area contributed by atoms with Crippen molar-refractivity contribution in [2.24, 2.45) is 0 Å². The summed E-state index contributed by atoms with van der Waals surface area (Å²) < 4.78 is 17.7. The molecule has 0 aliphatic heterocycles. The van der Waals surface area contributed by atoms with Gasteiger partial charge in [0.1, 0.15) is 5.82 Å². The summed E-state index contributed by atoms with van der Waals surface area (Å²) in [6.45, 7) is 2.53. The minimum Gasteiger partial charge on any atom is -0.465 e. The Morgan fingerprint density at radius 3 is 2.52 bits per heavy atom. The Morgan fingerprint density at radius 1 is 1.19 bits per heavy atom. The van der Waals surface area contributed by atoms with Gasteiger partial charge in [0, 0.05) is 12.6 Å². The lowest BCUT2D eigenvalue weighted by Crippen LogP contribution is -2.20. The second kappa shape index (κ2) is 6.99. The lowest BCUT2D eigenvalue weighted by atomic mass is 10.1. The van der Waals surface area contributed by atoms with E-state index in [1.54, 1.807) is 24.3 Å². The van der Waals surface area contributed by atoms with Gasteiger partial charge in [-0.2, -0.15) is 0 Å². The number of hydrogen-bond donors (Lipinski definition) is 1. The Hall–Kier alpha value is -2.20. The molecule has 21 heavy (non-hydrogen) atoms. The molecule has 2 rings (SSSR count). The molecule has 0 saturated carbocycles. The van der Waals surface area contributed by atoms with Gasteiger partial charge in [-0.1, -0.05) is 30.3 Å². The zero-order valence-electron chi connectivity index (χ0n) is 12.1. The number of ether oxygens (including phenoxy) is 1. The van der Waals surface area contributed by atoms with Gasteiger partial charge in [0.2, 0.25) is 0 Å². The predicted octanol–water partition coefficient (Wildman–Crippen LogP) is 3.46. The Labute approximate surface area is 123 Å². The maximum atomic E-state index is 12.9. The van der Waals surface area contributed by atoms with Crippen LogP contribution in [0.1, 0.15) is 34.5 Å². The van der Waals surface area contributed by atoms with Gasteiger partial charge in [0.25, 0.3) is 0 Å². The SMILES string of the molecule is COC(=O)c1ccccc1CN[C@@H](C)c1ccc(F)cc1. The molecule has 0 aliphatic carbocycles. The lowest BCUT2D eigenvalue weighted by Gasteiger charge is -2.15. The Morgan fingerprint density at radius 2 is 1.86 bits per heavy atom. The molecule has 110 valence electrons. The van der Waals surface area contributed by atoms with Crippen LogP contribution in [-0.4, -0.2) is 13.1 Å². The van der Waals surface area contributed by atoms with E-state index in [0.717, 1.165) is 11.1 Å². The van der Waals surface area contributed by atoms with E-state index in [4.69, 9.17) is 4.74 Å². The van der Waals surface area contributed by atoms with Crippen LogP contribution >= 0.6 is 0 Å². The topological polar surface area (TPSA) is 38.3 Å². The van der Waals surface area contributed by atoms with Crippen LogP contribution in [0.5, 0.6) is 0 Å². The second-order valence-electron chi connectivity index (χ2n) is 4.80. The molecular formula is C17H18FNO2. The summed E-state index contributed by atoms with van der Waals surface area (Å²) in [6.07, 6.45) is 0. The molecule has 3 nitrogen and oxygen atoms in total. The number of carbonyl (C=O) groups excluding carboxylic acids is 1. The van der Waals surface area contributed by atoms with Gasteiger partial charge in [-0.3, -0.25) is 0 Å². The lowest BCUT2D eigenvalue weighted by molar-refractivity contribution is 0.0599. The van der Waals surface area contributed by atoms with Crippen molar-refractivity contribution in [3.05, 3.63) is 71.0 Å². The molecule has 0 heterocycles. The maximum absolute atomic E-state index is 12.9. The normalized spacial score (nSPS) is 12.0. The fourth-order valence-corrected chi connectivity index (χ4v) is 2.12. The fraction of sp³-hybridized carbons (Fsp3) is 0.235. The average molecular weight is 287 g/mol. The largest absolute Gasteiger partial charge is 0.465 e. The number of halogens is 1. The predicted molar refractivity (Wildman–Crippen MR) is 79.4 cm³/mol. The fourth-order valence-electron chi connectivity index (χ4n) is 2.12. The number of hydrogen-bond acceptors (Lipinski definition) is 3. The molecule has 0 radical (unpaired) electrons. The Kier molecular flexibility index (Phi) is 5.06. The first-order valence-corrected chi connectivity index (χ1v) is 6.77. The van der Waals surface area contributed by atoms with Crippen LogP contribution in [0.2, 0.25) is 0 Å². The zero-order valence-corrected chi connectivity index (χ0v) is 12.1. The molecule has 2 aromatic carbocycles. The van der Waals surface area contributed by atoms with Crippen molar-refractivity contribution < 1.29 is 13.9 Å². The third-order valence-corrected chi connectivity index (χ3v) is 3.39. The van der Waals surface area contributed by atoms with Crippen molar-refractivity contribution in [2.45, 2.75) is 19.5 Å². The standard InChI is InChI=1S/C17H18FNO2/c1-12(13-7-9-15(18)10-8-13)19-11-14-5-3-4-6-16(14)17(20)21-2/h3-10,12,19H,11H2,1-2H3/t12-/m0/s1. The summed E-state index contributed by atoms with van der Waals surface area (Å²) in [5.41, 5.74) is 2.42. The van der Waals surface area contributed by atoms with Crippen molar-refractivity contribution in [3.63, 3.8) is 0 Å². The van der Waals surface area contributed by atoms with Gasteiger partial charge < -0.3 is 10.1 Å². The summed E-state index contributed by atoms with van der Waals surface area (Å²) in [4.78, 5) is 11.7. The quantitative estimate of drug-likeness (QED) is 0.856. The van der Waals surface area contributed by atoms with Crippen molar-refractivity contribution in [2.75, 3.05) is 7.11 Å². The number of nitrogens with one attached hydrogen (secondary N) is 1. The number of methoxy groups -OCH3 is 1. The third kappa shape index (κ3) is 3.89. The number of rotatable bonds is 5.